The molecule has 5 nitrogen and oxygen atoms in total. The van der Waals surface area contributed by atoms with Gasteiger partial charge < -0.3 is 14.4 Å². The van der Waals surface area contributed by atoms with Gasteiger partial charge in [-0.3, -0.25) is 4.79 Å². The third-order valence-electron chi connectivity index (χ3n) is 4.21. The lowest BCUT2D eigenvalue weighted by molar-refractivity contribution is -0.334. The Kier molecular flexibility index (Phi) is 4.56. The molecule has 1 aliphatic rings. The van der Waals surface area contributed by atoms with E-state index in [0.717, 1.165) is 6.07 Å². The summed E-state index contributed by atoms with van der Waals surface area (Å²) in [5.41, 5.74) is -4.37. The van der Waals surface area contributed by atoms with E-state index in [-0.39, 0.29) is 17.7 Å². The van der Waals surface area contributed by atoms with Gasteiger partial charge in [0.1, 0.15) is 11.3 Å². The molecule has 1 aromatic heterocycles. The van der Waals surface area contributed by atoms with Crippen molar-refractivity contribution in [3.05, 3.63) is 23.2 Å². The van der Waals surface area contributed by atoms with Crippen molar-refractivity contribution in [2.45, 2.75) is 32.1 Å². The zero-order valence-electron chi connectivity index (χ0n) is 12.8. The van der Waals surface area contributed by atoms with E-state index in [9.17, 15) is 35.9 Å². The van der Waals surface area contributed by atoms with Crippen molar-refractivity contribution in [3.63, 3.8) is 0 Å². The number of carboxylic acids is 1. The van der Waals surface area contributed by atoms with Gasteiger partial charge >= 0.3 is 18.3 Å². The van der Waals surface area contributed by atoms with Crippen LogP contribution in [0.5, 0.6) is 0 Å². The molecule has 2 rings (SSSR count). The van der Waals surface area contributed by atoms with E-state index in [1.165, 1.54) is 6.92 Å². The summed E-state index contributed by atoms with van der Waals surface area (Å²) in [5.74, 6) is -3.32. The molecule has 2 heterocycles. The maximum Gasteiger partial charge on any atom is 0.404 e. The maximum atomic E-state index is 13.0. The number of nitrogens with zero attached hydrogens (tertiary/aromatic N) is 1. The van der Waals surface area contributed by atoms with Crippen LogP contribution < -0.4 is 0 Å². The number of hydrogen-bond acceptors (Lipinski definition) is 3. The highest BCUT2D eigenvalue weighted by Gasteiger charge is 2.73. The van der Waals surface area contributed by atoms with E-state index in [1.807, 2.05) is 0 Å². The van der Waals surface area contributed by atoms with Crippen LogP contribution in [0.1, 0.15) is 40.0 Å². The number of aromatic carboxylic acids is 1. The van der Waals surface area contributed by atoms with Gasteiger partial charge in [0.05, 0.1) is 0 Å². The minimum absolute atomic E-state index is 0.0873. The second-order valence-electron chi connectivity index (χ2n) is 5.66. The molecule has 0 unspecified atom stereocenters. The molecule has 1 N–H and O–H groups in total. The Morgan fingerprint density at radius 3 is 2.16 bits per heavy atom. The summed E-state index contributed by atoms with van der Waals surface area (Å²) in [6.07, 6.45) is -12.4. The Hall–Kier alpha value is -2.20. The van der Waals surface area contributed by atoms with E-state index in [1.54, 1.807) is 0 Å². The van der Waals surface area contributed by atoms with Crippen molar-refractivity contribution in [1.29, 1.82) is 0 Å². The van der Waals surface area contributed by atoms with Crippen LogP contribution in [-0.2, 0) is 6.42 Å². The fraction of sp³-hybridized carbons (Fsp3) is 0.571. The summed E-state index contributed by atoms with van der Waals surface area (Å²) in [6, 6.07) is 0.810. The highest BCUT2D eigenvalue weighted by Crippen LogP contribution is 2.55. The number of furan rings is 1. The number of carbonyl (C=O) groups is 2. The molecule has 0 spiro atoms. The SMILES string of the molecule is CCc1oc(C(=O)N2CCC(C(F)(F)F)(C(F)(F)F)C2)cc1C(=O)O. The van der Waals surface area contributed by atoms with Crippen LogP contribution in [-0.4, -0.2) is 47.3 Å². The fourth-order valence-corrected chi connectivity index (χ4v) is 2.74. The van der Waals surface area contributed by atoms with Crippen LogP contribution in [0.3, 0.4) is 0 Å². The van der Waals surface area contributed by atoms with Gasteiger partial charge in [0.2, 0.25) is 0 Å². The zero-order chi connectivity index (χ0) is 19.2. The van der Waals surface area contributed by atoms with Gasteiger partial charge in [-0.1, -0.05) is 6.92 Å². The number of halogens is 6. The number of hydrogen-bond donors (Lipinski definition) is 1. The highest BCUT2D eigenvalue weighted by atomic mass is 19.4. The molecule has 0 radical (unpaired) electrons. The molecule has 1 amide bonds. The van der Waals surface area contributed by atoms with Crippen molar-refractivity contribution in [2.24, 2.45) is 5.41 Å². The van der Waals surface area contributed by atoms with Crippen molar-refractivity contribution >= 4 is 11.9 Å². The van der Waals surface area contributed by atoms with Crippen molar-refractivity contribution in [3.8, 4) is 0 Å². The second-order valence-corrected chi connectivity index (χ2v) is 5.66. The van der Waals surface area contributed by atoms with E-state index in [4.69, 9.17) is 9.52 Å². The van der Waals surface area contributed by atoms with E-state index >= 15 is 0 Å². The third kappa shape index (κ3) is 3.07. The largest absolute Gasteiger partial charge is 0.478 e. The molecule has 0 saturated carbocycles. The predicted octanol–water partition coefficient (Wildman–Crippen LogP) is 3.50. The molecule has 0 aliphatic carbocycles. The molecular formula is C14H13F6NO4. The van der Waals surface area contributed by atoms with Gasteiger partial charge in [-0.05, 0) is 6.42 Å². The van der Waals surface area contributed by atoms with Crippen LogP contribution in [0.15, 0.2) is 10.5 Å². The lowest BCUT2D eigenvalue weighted by Crippen LogP contribution is -2.52. The molecule has 11 heteroatoms. The van der Waals surface area contributed by atoms with E-state index in [2.05, 4.69) is 0 Å². The standard InChI is InChI=1S/C14H13F6NO4/c1-2-8-7(11(23)24)5-9(25-8)10(22)21-4-3-12(6-21,13(15,16)17)14(18,19)20/h5H,2-4,6H2,1H3,(H,23,24). The molecule has 0 aromatic carbocycles. The summed E-state index contributed by atoms with van der Waals surface area (Å²) in [5, 5.41) is 8.97. The highest BCUT2D eigenvalue weighted by molar-refractivity contribution is 5.96. The normalized spacial score (nSPS) is 17.8. The number of aryl methyl sites for hydroxylation is 1. The van der Waals surface area contributed by atoms with Gasteiger partial charge in [0.15, 0.2) is 11.2 Å². The first-order valence-electron chi connectivity index (χ1n) is 7.13. The molecule has 0 atom stereocenters. The van der Waals surface area contributed by atoms with Gasteiger partial charge in [-0.25, -0.2) is 4.79 Å². The first-order valence-corrected chi connectivity index (χ1v) is 7.13. The molecule has 1 aliphatic heterocycles. The predicted molar refractivity (Wildman–Crippen MR) is 70.1 cm³/mol. The fourth-order valence-electron chi connectivity index (χ4n) is 2.74. The van der Waals surface area contributed by atoms with E-state index in [0.29, 0.717) is 4.90 Å². The molecule has 1 aromatic rings. The molecule has 1 fully saturated rings. The Morgan fingerprint density at radius 2 is 1.80 bits per heavy atom. The number of carbonyl (C=O) groups excluding carboxylic acids is 1. The lowest BCUT2D eigenvalue weighted by Gasteiger charge is -2.33. The summed E-state index contributed by atoms with van der Waals surface area (Å²) in [7, 11) is 0. The Labute approximate surface area is 137 Å². The van der Waals surface area contributed by atoms with Crippen LogP contribution >= 0.6 is 0 Å². The molecular weight excluding hydrogens is 360 g/mol. The summed E-state index contributed by atoms with van der Waals surface area (Å²) >= 11 is 0. The van der Waals surface area contributed by atoms with E-state index < -0.39 is 54.9 Å². The smallest absolute Gasteiger partial charge is 0.404 e. The van der Waals surface area contributed by atoms with Crippen molar-refractivity contribution < 1.29 is 45.5 Å². The molecule has 140 valence electrons. The van der Waals surface area contributed by atoms with Gasteiger partial charge in [-0.2, -0.15) is 26.3 Å². The van der Waals surface area contributed by atoms with Crippen molar-refractivity contribution in [1.82, 2.24) is 4.90 Å². The molecule has 25 heavy (non-hydrogen) atoms. The summed E-state index contributed by atoms with van der Waals surface area (Å²) < 4.78 is 83.1. The van der Waals surface area contributed by atoms with Crippen LogP contribution in [0.4, 0.5) is 26.3 Å². The monoisotopic (exact) mass is 373 g/mol. The number of carboxylic acid groups (broad SMARTS) is 1. The second kappa shape index (κ2) is 5.95. The first kappa shape index (κ1) is 19.1. The average Bonchev–Trinajstić information content (AvgIpc) is 3.10. The number of amides is 1. The topological polar surface area (TPSA) is 70.8 Å². The Bertz CT molecular complexity index is 676. The zero-order valence-corrected chi connectivity index (χ0v) is 12.8. The first-order chi connectivity index (χ1) is 11.3. The third-order valence-corrected chi connectivity index (χ3v) is 4.21. The van der Waals surface area contributed by atoms with Crippen molar-refractivity contribution in [2.75, 3.05) is 13.1 Å². The average molecular weight is 373 g/mol. The summed E-state index contributed by atoms with van der Waals surface area (Å²) in [4.78, 5) is 23.6. The number of rotatable bonds is 3. The lowest BCUT2D eigenvalue weighted by atomic mass is 9.85. The minimum Gasteiger partial charge on any atom is -0.478 e. The van der Waals surface area contributed by atoms with Crippen LogP contribution in [0.2, 0.25) is 0 Å². The van der Waals surface area contributed by atoms with Gasteiger partial charge in [0.25, 0.3) is 5.91 Å². The number of likely N-dealkylation sites (tertiary alicyclic amines) is 1. The Morgan fingerprint density at radius 1 is 1.24 bits per heavy atom. The Balaban J connectivity index is 2.33. The van der Waals surface area contributed by atoms with Gasteiger partial charge in [0, 0.05) is 25.6 Å². The number of alkyl halides is 6. The maximum absolute atomic E-state index is 13.0. The van der Waals surface area contributed by atoms with Crippen LogP contribution in [0.25, 0.3) is 0 Å². The minimum atomic E-state index is -5.58. The molecule has 1 saturated heterocycles. The quantitative estimate of drug-likeness (QED) is 0.824. The summed E-state index contributed by atoms with van der Waals surface area (Å²) in [6.45, 7) is -0.848. The molecule has 0 bridgehead atoms. The van der Waals surface area contributed by atoms with Gasteiger partial charge in [-0.15, -0.1) is 0 Å². The van der Waals surface area contributed by atoms with Crippen LogP contribution in [0, 0.1) is 5.41 Å².